The molecule has 1 saturated heterocycles. The van der Waals surface area contributed by atoms with Gasteiger partial charge in [-0.1, -0.05) is 6.92 Å². The molecule has 15 heavy (non-hydrogen) atoms. The van der Waals surface area contributed by atoms with Crippen LogP contribution in [0.25, 0.3) is 0 Å². The minimum absolute atomic E-state index is 0.0638. The largest absolute Gasteiger partial charge is 0.462 e. The number of hydrogen-bond donors (Lipinski definition) is 1. The van der Waals surface area contributed by atoms with E-state index in [4.69, 9.17) is 4.74 Å². The van der Waals surface area contributed by atoms with E-state index in [-0.39, 0.29) is 18.2 Å². The standard InChI is InChI=1S/C11H21NO3/c1-8(2)15-11(14)7-12-5-4-9(3)10(13)6-12/h8-10,13H,4-7H2,1-3H3. The van der Waals surface area contributed by atoms with Crippen LogP contribution in [0.2, 0.25) is 0 Å². The number of nitrogens with zero attached hydrogens (tertiary/aromatic N) is 1. The smallest absolute Gasteiger partial charge is 0.320 e. The van der Waals surface area contributed by atoms with Gasteiger partial charge in [0, 0.05) is 6.54 Å². The zero-order valence-corrected chi connectivity index (χ0v) is 9.77. The molecular formula is C11H21NO3. The third-order valence-corrected chi connectivity index (χ3v) is 2.72. The molecular weight excluding hydrogens is 194 g/mol. The van der Waals surface area contributed by atoms with Crippen molar-refractivity contribution in [2.75, 3.05) is 19.6 Å². The first-order chi connectivity index (χ1) is 6.99. The molecule has 4 heteroatoms. The van der Waals surface area contributed by atoms with E-state index in [2.05, 4.69) is 0 Å². The van der Waals surface area contributed by atoms with Crippen molar-refractivity contribution in [1.82, 2.24) is 4.90 Å². The van der Waals surface area contributed by atoms with Crippen LogP contribution in [0.1, 0.15) is 27.2 Å². The van der Waals surface area contributed by atoms with Crippen LogP contribution in [-0.2, 0) is 9.53 Å². The van der Waals surface area contributed by atoms with Crippen molar-refractivity contribution >= 4 is 5.97 Å². The highest BCUT2D eigenvalue weighted by molar-refractivity contribution is 5.71. The van der Waals surface area contributed by atoms with Crippen molar-refractivity contribution in [2.24, 2.45) is 5.92 Å². The fourth-order valence-corrected chi connectivity index (χ4v) is 1.74. The molecule has 0 aromatic rings. The topological polar surface area (TPSA) is 49.8 Å². The number of carbonyl (C=O) groups excluding carboxylic acids is 1. The molecule has 0 aromatic carbocycles. The molecule has 0 bridgehead atoms. The quantitative estimate of drug-likeness (QED) is 0.702. The lowest BCUT2D eigenvalue weighted by Gasteiger charge is -2.33. The molecule has 1 rings (SSSR count). The van der Waals surface area contributed by atoms with Crippen molar-refractivity contribution in [3.8, 4) is 0 Å². The van der Waals surface area contributed by atoms with Crippen LogP contribution in [0.15, 0.2) is 0 Å². The lowest BCUT2D eigenvalue weighted by atomic mass is 9.96. The summed E-state index contributed by atoms with van der Waals surface area (Å²) >= 11 is 0. The molecule has 0 amide bonds. The van der Waals surface area contributed by atoms with Gasteiger partial charge in [0.05, 0.1) is 18.8 Å². The number of piperidine rings is 1. The van der Waals surface area contributed by atoms with E-state index in [0.29, 0.717) is 19.0 Å². The van der Waals surface area contributed by atoms with E-state index >= 15 is 0 Å². The minimum Gasteiger partial charge on any atom is -0.462 e. The number of rotatable bonds is 3. The molecule has 2 atom stereocenters. The Morgan fingerprint density at radius 3 is 2.80 bits per heavy atom. The van der Waals surface area contributed by atoms with Gasteiger partial charge in [0.25, 0.3) is 0 Å². The molecule has 1 N–H and O–H groups in total. The Balaban J connectivity index is 2.30. The van der Waals surface area contributed by atoms with Crippen molar-refractivity contribution in [3.05, 3.63) is 0 Å². The molecule has 4 nitrogen and oxygen atoms in total. The predicted octanol–water partition coefficient (Wildman–Crippen LogP) is 0.641. The lowest BCUT2D eigenvalue weighted by Crippen LogP contribution is -2.45. The molecule has 0 aliphatic carbocycles. The molecule has 0 aromatic heterocycles. The number of hydrogen-bond acceptors (Lipinski definition) is 4. The number of β-amino-alcohol motifs (C(OH)–C–C–N with tert-alkyl or cyclic N) is 1. The van der Waals surface area contributed by atoms with Crippen LogP contribution in [0, 0.1) is 5.92 Å². The molecule has 0 saturated carbocycles. The zero-order valence-electron chi connectivity index (χ0n) is 9.77. The van der Waals surface area contributed by atoms with Gasteiger partial charge in [-0.2, -0.15) is 0 Å². The van der Waals surface area contributed by atoms with Gasteiger partial charge >= 0.3 is 5.97 Å². The number of esters is 1. The van der Waals surface area contributed by atoms with E-state index in [1.54, 1.807) is 0 Å². The summed E-state index contributed by atoms with van der Waals surface area (Å²) in [5, 5.41) is 9.65. The van der Waals surface area contributed by atoms with Gasteiger partial charge in [0.15, 0.2) is 0 Å². The van der Waals surface area contributed by atoms with Crippen LogP contribution in [0.3, 0.4) is 0 Å². The van der Waals surface area contributed by atoms with Crippen molar-refractivity contribution in [3.63, 3.8) is 0 Å². The summed E-state index contributed by atoms with van der Waals surface area (Å²) in [6.07, 6.45) is 0.563. The van der Waals surface area contributed by atoms with Gasteiger partial charge in [-0.05, 0) is 32.7 Å². The Bertz CT molecular complexity index is 218. The van der Waals surface area contributed by atoms with Crippen LogP contribution < -0.4 is 0 Å². The molecule has 2 unspecified atom stereocenters. The highest BCUT2D eigenvalue weighted by Crippen LogP contribution is 2.16. The van der Waals surface area contributed by atoms with E-state index in [1.807, 2.05) is 25.7 Å². The maximum atomic E-state index is 11.4. The predicted molar refractivity (Wildman–Crippen MR) is 57.5 cm³/mol. The van der Waals surface area contributed by atoms with Crippen molar-refractivity contribution < 1.29 is 14.6 Å². The van der Waals surface area contributed by atoms with Gasteiger partial charge in [0.1, 0.15) is 0 Å². The second kappa shape index (κ2) is 5.47. The van der Waals surface area contributed by atoms with Crippen molar-refractivity contribution in [2.45, 2.75) is 39.4 Å². The van der Waals surface area contributed by atoms with E-state index in [1.165, 1.54) is 0 Å². The van der Waals surface area contributed by atoms with E-state index in [9.17, 15) is 9.90 Å². The third kappa shape index (κ3) is 4.18. The highest BCUT2D eigenvalue weighted by Gasteiger charge is 2.25. The average Bonchev–Trinajstić information content (AvgIpc) is 2.10. The maximum absolute atomic E-state index is 11.4. The third-order valence-electron chi connectivity index (χ3n) is 2.72. The number of aliphatic hydroxyl groups excluding tert-OH is 1. The first-order valence-electron chi connectivity index (χ1n) is 5.59. The van der Waals surface area contributed by atoms with Crippen LogP contribution in [0.5, 0.6) is 0 Å². The normalized spacial score (nSPS) is 28.1. The van der Waals surface area contributed by atoms with Crippen LogP contribution in [0.4, 0.5) is 0 Å². The first-order valence-corrected chi connectivity index (χ1v) is 5.59. The fraction of sp³-hybridized carbons (Fsp3) is 0.909. The summed E-state index contributed by atoms with van der Waals surface area (Å²) in [6, 6.07) is 0. The average molecular weight is 215 g/mol. The number of likely N-dealkylation sites (tertiary alicyclic amines) is 1. The maximum Gasteiger partial charge on any atom is 0.320 e. The Hall–Kier alpha value is -0.610. The Morgan fingerprint density at radius 2 is 2.27 bits per heavy atom. The molecule has 1 fully saturated rings. The van der Waals surface area contributed by atoms with Gasteiger partial charge in [0.2, 0.25) is 0 Å². The highest BCUT2D eigenvalue weighted by atomic mass is 16.5. The molecule has 1 aliphatic rings. The summed E-state index contributed by atoms with van der Waals surface area (Å²) in [5.74, 6) is 0.133. The number of aliphatic hydroxyl groups is 1. The molecule has 0 spiro atoms. The van der Waals surface area contributed by atoms with E-state index < -0.39 is 0 Å². The molecule has 1 heterocycles. The van der Waals surface area contributed by atoms with Gasteiger partial charge in [-0.3, -0.25) is 9.69 Å². The first kappa shape index (κ1) is 12.5. The Kier molecular flexibility index (Phi) is 4.54. The lowest BCUT2D eigenvalue weighted by molar-refractivity contribution is -0.149. The van der Waals surface area contributed by atoms with Crippen LogP contribution in [-0.4, -0.2) is 47.8 Å². The molecule has 1 aliphatic heterocycles. The van der Waals surface area contributed by atoms with Crippen molar-refractivity contribution in [1.29, 1.82) is 0 Å². The van der Waals surface area contributed by atoms with E-state index in [0.717, 1.165) is 13.0 Å². The van der Waals surface area contributed by atoms with Crippen LogP contribution >= 0.6 is 0 Å². The second-order valence-electron chi connectivity index (χ2n) is 4.61. The SMILES string of the molecule is CC(C)OC(=O)CN1CCC(C)C(O)C1. The Morgan fingerprint density at radius 1 is 1.60 bits per heavy atom. The number of carbonyl (C=O) groups is 1. The summed E-state index contributed by atoms with van der Waals surface area (Å²) in [4.78, 5) is 13.3. The summed E-state index contributed by atoms with van der Waals surface area (Å²) in [7, 11) is 0. The van der Waals surface area contributed by atoms with Gasteiger partial charge in [-0.15, -0.1) is 0 Å². The summed E-state index contributed by atoms with van der Waals surface area (Å²) in [6.45, 7) is 7.45. The fourth-order valence-electron chi connectivity index (χ4n) is 1.74. The Labute approximate surface area is 91.2 Å². The summed E-state index contributed by atoms with van der Waals surface area (Å²) < 4.78 is 5.05. The minimum atomic E-state index is -0.314. The molecule has 88 valence electrons. The second-order valence-corrected chi connectivity index (χ2v) is 4.61. The van der Waals surface area contributed by atoms with Gasteiger partial charge < -0.3 is 9.84 Å². The number of ether oxygens (including phenoxy) is 1. The van der Waals surface area contributed by atoms with Gasteiger partial charge in [-0.25, -0.2) is 0 Å². The molecule has 0 radical (unpaired) electrons. The summed E-state index contributed by atoms with van der Waals surface area (Å²) in [5.41, 5.74) is 0. The zero-order chi connectivity index (χ0) is 11.4. The monoisotopic (exact) mass is 215 g/mol.